The lowest BCUT2D eigenvalue weighted by Gasteiger charge is -2.72. The first-order valence-corrected chi connectivity index (χ1v) is 15.6. The van der Waals surface area contributed by atoms with Crippen LogP contribution in [0.5, 0.6) is 0 Å². The molecular formula is C34H48F2N2O3. The van der Waals surface area contributed by atoms with Gasteiger partial charge in [0.05, 0.1) is 13.1 Å². The molecule has 5 rings (SSSR count). The number of amides is 1. The Balaban J connectivity index is 1.56. The van der Waals surface area contributed by atoms with Crippen molar-refractivity contribution in [1.82, 2.24) is 5.32 Å². The van der Waals surface area contributed by atoms with E-state index < -0.39 is 23.8 Å². The van der Waals surface area contributed by atoms with Crippen molar-refractivity contribution in [3.05, 3.63) is 23.2 Å². The number of rotatable bonds is 4. The highest BCUT2D eigenvalue weighted by Gasteiger charge is 2.72. The number of ketones is 2. The fraction of sp³-hybridized carbons (Fsp3) is 0.824. The Hall–Kier alpha value is -2.10. The average Bonchev–Trinajstić information content (AvgIpc) is 2.87. The number of allylic oxidation sites excluding steroid dienone is 2. The molecule has 0 bridgehead atoms. The van der Waals surface area contributed by atoms with Gasteiger partial charge in [-0.2, -0.15) is 0 Å². The Morgan fingerprint density at radius 1 is 1.00 bits per heavy atom. The first-order chi connectivity index (χ1) is 18.9. The minimum atomic E-state index is -2.59. The lowest BCUT2D eigenvalue weighted by atomic mass is 9.31. The van der Waals surface area contributed by atoms with Crippen LogP contribution in [0.4, 0.5) is 8.78 Å². The molecule has 0 spiro atoms. The van der Waals surface area contributed by atoms with E-state index in [2.05, 4.69) is 44.8 Å². The largest absolute Gasteiger partial charge is 0.350 e. The normalized spacial score (nSPS) is 44.5. The van der Waals surface area contributed by atoms with Gasteiger partial charge in [0.1, 0.15) is 5.78 Å². The van der Waals surface area contributed by atoms with Gasteiger partial charge in [0.15, 0.2) is 5.78 Å². The first-order valence-electron chi connectivity index (χ1n) is 15.6. The van der Waals surface area contributed by atoms with Crippen LogP contribution >= 0.6 is 0 Å². The van der Waals surface area contributed by atoms with Crippen LogP contribution in [0.2, 0.25) is 0 Å². The van der Waals surface area contributed by atoms with E-state index in [1.807, 2.05) is 19.9 Å². The average molecular weight is 571 g/mol. The number of carbonyl (C=O) groups is 3. The summed E-state index contributed by atoms with van der Waals surface area (Å²) in [5.41, 5.74) is -1.68. The Morgan fingerprint density at radius 2 is 1.66 bits per heavy atom. The molecule has 0 unspecified atom stereocenters. The van der Waals surface area contributed by atoms with Crippen LogP contribution in [0.1, 0.15) is 106 Å². The van der Waals surface area contributed by atoms with Crippen LogP contribution < -0.4 is 5.32 Å². The third kappa shape index (κ3) is 4.27. The topological polar surface area (TPSA) is 67.6 Å². The van der Waals surface area contributed by atoms with Gasteiger partial charge >= 0.3 is 0 Å². The Kier molecular flexibility index (Phi) is 7.00. The summed E-state index contributed by atoms with van der Waals surface area (Å²) in [5.74, 6) is -0.241. The molecule has 0 radical (unpaired) electrons. The van der Waals surface area contributed by atoms with Crippen molar-refractivity contribution in [2.24, 2.45) is 56.2 Å². The summed E-state index contributed by atoms with van der Waals surface area (Å²) in [4.78, 5) is 44.5. The monoisotopic (exact) mass is 570 g/mol. The predicted octanol–water partition coefficient (Wildman–Crippen LogP) is 7.41. The fourth-order valence-corrected chi connectivity index (χ4v) is 11.3. The quantitative estimate of drug-likeness (QED) is 0.358. The molecule has 0 aromatic rings. The number of nitrogens with one attached hydrogen (secondary N) is 1. The molecular weight excluding hydrogens is 522 g/mol. The molecule has 5 aliphatic carbocycles. The van der Waals surface area contributed by atoms with Gasteiger partial charge in [-0.3, -0.25) is 9.59 Å². The minimum Gasteiger partial charge on any atom is -0.350 e. The molecule has 0 saturated heterocycles. The summed E-state index contributed by atoms with van der Waals surface area (Å²) in [6.07, 6.45) is 6.03. The molecule has 4 fully saturated rings. The van der Waals surface area contributed by atoms with Gasteiger partial charge in [-0.05, 0) is 89.8 Å². The van der Waals surface area contributed by atoms with Gasteiger partial charge in [-0.15, -0.1) is 0 Å². The van der Waals surface area contributed by atoms with E-state index in [9.17, 15) is 23.2 Å². The van der Waals surface area contributed by atoms with Crippen LogP contribution in [0, 0.1) is 62.7 Å². The van der Waals surface area contributed by atoms with E-state index in [0.29, 0.717) is 6.42 Å². The summed E-state index contributed by atoms with van der Waals surface area (Å²) in [6, 6.07) is 0. The molecule has 5 nitrogen and oxygen atoms in total. The molecule has 41 heavy (non-hydrogen) atoms. The van der Waals surface area contributed by atoms with E-state index in [-0.39, 0.29) is 74.9 Å². The second-order valence-corrected chi connectivity index (χ2v) is 16.4. The number of hydrogen-bond donors (Lipinski definition) is 1. The van der Waals surface area contributed by atoms with Crippen molar-refractivity contribution in [2.45, 2.75) is 113 Å². The van der Waals surface area contributed by atoms with Crippen LogP contribution in [0.15, 0.2) is 11.8 Å². The first kappa shape index (κ1) is 30.4. The number of hydrogen-bond acceptors (Lipinski definition) is 3. The van der Waals surface area contributed by atoms with E-state index in [1.54, 1.807) is 0 Å². The third-order valence-electron chi connectivity index (χ3n) is 13.6. The number of nitrogens with zero attached hydrogens (tertiary/aromatic N) is 1. The van der Waals surface area contributed by atoms with Gasteiger partial charge in [-0.25, -0.2) is 13.6 Å². The van der Waals surface area contributed by atoms with E-state index in [4.69, 9.17) is 6.57 Å². The summed E-state index contributed by atoms with van der Waals surface area (Å²) in [5, 5.41) is 2.45. The van der Waals surface area contributed by atoms with Gasteiger partial charge in [0.2, 0.25) is 11.6 Å². The van der Waals surface area contributed by atoms with Crippen molar-refractivity contribution in [3.63, 3.8) is 0 Å². The molecule has 8 atom stereocenters. The summed E-state index contributed by atoms with van der Waals surface area (Å²) in [6.45, 7) is 22.5. The highest BCUT2D eigenvalue weighted by atomic mass is 19.3. The second kappa shape index (κ2) is 9.45. The Morgan fingerprint density at radius 3 is 2.29 bits per heavy atom. The van der Waals surface area contributed by atoms with E-state index >= 15 is 0 Å². The second-order valence-electron chi connectivity index (χ2n) is 16.4. The van der Waals surface area contributed by atoms with Crippen LogP contribution in [-0.2, 0) is 14.4 Å². The molecule has 1 amide bonds. The smallest absolute Gasteiger partial charge is 0.255 e. The summed E-state index contributed by atoms with van der Waals surface area (Å²) < 4.78 is 25.8. The lowest BCUT2D eigenvalue weighted by molar-refractivity contribution is -0.223. The molecule has 1 N–H and O–H groups in total. The van der Waals surface area contributed by atoms with Crippen molar-refractivity contribution in [1.29, 1.82) is 0 Å². The van der Waals surface area contributed by atoms with Crippen molar-refractivity contribution in [3.8, 4) is 0 Å². The van der Waals surface area contributed by atoms with Crippen LogP contribution in [0.3, 0.4) is 0 Å². The number of alkyl halides is 2. The van der Waals surface area contributed by atoms with Crippen LogP contribution in [0.25, 0.3) is 4.85 Å². The van der Waals surface area contributed by atoms with Gasteiger partial charge in [-0.1, -0.05) is 54.5 Å². The molecule has 7 heteroatoms. The molecule has 0 heterocycles. The number of fused-ring (bicyclic) bond motifs is 7. The van der Waals surface area contributed by atoms with Gasteiger partial charge < -0.3 is 10.1 Å². The maximum Gasteiger partial charge on any atom is 0.255 e. The summed E-state index contributed by atoms with van der Waals surface area (Å²) >= 11 is 0. The van der Waals surface area contributed by atoms with Crippen molar-refractivity contribution >= 4 is 17.5 Å². The molecule has 4 saturated carbocycles. The Bertz CT molecular complexity index is 1230. The minimum absolute atomic E-state index is 0.0186. The number of halogens is 2. The van der Waals surface area contributed by atoms with Crippen molar-refractivity contribution < 1.29 is 23.2 Å². The maximum atomic E-state index is 14.6. The lowest BCUT2D eigenvalue weighted by Crippen LogP contribution is -2.68. The van der Waals surface area contributed by atoms with Gasteiger partial charge in [0.25, 0.3) is 6.43 Å². The predicted molar refractivity (Wildman–Crippen MR) is 154 cm³/mol. The molecule has 226 valence electrons. The highest BCUT2D eigenvalue weighted by Crippen LogP contribution is 2.76. The fourth-order valence-electron chi connectivity index (χ4n) is 11.3. The Labute approximate surface area is 244 Å². The number of Topliss-reactive ketones (excluding diaryl/α,β-unsaturated/α-hetero) is 2. The molecule has 5 aliphatic rings. The SMILES string of the molecule is [C-]#[N+]C1=C[C@]2(C)[C@H]3CC(=O)[C@@H]4[C@@H]5CC(C)(C)CC[C@]5(CC(=O)NCC(F)F)CC[C@@]4(C)[C@]3(C)CC[C@H]2C(C)(C)C1=O. The maximum absolute atomic E-state index is 14.6. The standard InChI is InChI=1S/C34H48F2N2O3/c1-29(2)11-13-34(18-26(40)38-19-25(35)36)14-12-33(7)27(20(34)16-29)22(39)15-24-31(5)17-21(37-8)28(41)30(3,4)23(31)9-10-32(24,33)6/h17,20,23-25,27H,9-16,18-19H2,1-7H3,(H,38,40)/t20-,23-,24+,27-,31-,32+,33+,34+/m0/s1. The zero-order valence-corrected chi connectivity index (χ0v) is 26.0. The number of carbonyl (C=O) groups excluding carboxylic acids is 3. The summed E-state index contributed by atoms with van der Waals surface area (Å²) in [7, 11) is 0. The van der Waals surface area contributed by atoms with E-state index in [1.165, 1.54) is 0 Å². The zero-order chi connectivity index (χ0) is 30.4. The highest BCUT2D eigenvalue weighted by molar-refractivity contribution is 6.02. The van der Waals surface area contributed by atoms with Crippen LogP contribution in [-0.4, -0.2) is 30.4 Å². The van der Waals surface area contributed by atoms with Gasteiger partial charge in [0, 0.05) is 24.2 Å². The zero-order valence-electron chi connectivity index (χ0n) is 26.0. The molecule has 0 aromatic heterocycles. The molecule has 0 aromatic carbocycles. The van der Waals surface area contributed by atoms with E-state index in [0.717, 1.165) is 44.9 Å². The van der Waals surface area contributed by atoms with Crippen molar-refractivity contribution in [2.75, 3.05) is 6.54 Å². The molecule has 0 aliphatic heterocycles. The third-order valence-corrected chi connectivity index (χ3v) is 13.6.